The molecule has 3 rings (SSSR count). The summed E-state index contributed by atoms with van der Waals surface area (Å²) in [7, 11) is 1.63. The topological polar surface area (TPSA) is 69.2 Å². The predicted octanol–water partition coefficient (Wildman–Crippen LogP) is 2.95. The van der Waals surface area contributed by atoms with E-state index in [1.165, 1.54) is 5.56 Å². The molecule has 0 saturated carbocycles. The number of hydrogen-bond donors (Lipinski definition) is 1. The number of rotatable bonds is 8. The van der Waals surface area contributed by atoms with Crippen LogP contribution in [0.3, 0.4) is 0 Å². The zero-order valence-corrected chi connectivity index (χ0v) is 16.2. The van der Waals surface area contributed by atoms with E-state index in [4.69, 9.17) is 9.47 Å². The number of pyridine rings is 1. The van der Waals surface area contributed by atoms with Gasteiger partial charge in [-0.3, -0.25) is 0 Å². The molecule has 28 heavy (non-hydrogen) atoms. The number of hydrogen-bond acceptors (Lipinski definition) is 6. The molecule has 0 fully saturated rings. The number of nitrogens with one attached hydrogen (secondary N) is 1. The van der Waals surface area contributed by atoms with Gasteiger partial charge in [0.2, 0.25) is 5.88 Å². The molecule has 0 amide bonds. The molecule has 0 radical (unpaired) electrons. The minimum Gasteiger partial charge on any atom is -0.473 e. The van der Waals surface area contributed by atoms with Crippen molar-refractivity contribution in [3.05, 3.63) is 59.4 Å². The molecule has 0 bridgehead atoms. The van der Waals surface area contributed by atoms with E-state index in [1.54, 1.807) is 13.3 Å². The van der Waals surface area contributed by atoms with Crippen LogP contribution in [0.25, 0.3) is 11.2 Å². The maximum atomic E-state index is 5.72. The molecule has 0 unspecified atom stereocenters. The Morgan fingerprint density at radius 2 is 2.00 bits per heavy atom. The summed E-state index contributed by atoms with van der Waals surface area (Å²) < 4.78 is 10.8. The van der Waals surface area contributed by atoms with Gasteiger partial charge in [-0.1, -0.05) is 25.0 Å². The van der Waals surface area contributed by atoms with Crippen LogP contribution < -0.4 is 10.1 Å². The third-order valence-corrected chi connectivity index (χ3v) is 3.94. The summed E-state index contributed by atoms with van der Waals surface area (Å²) in [4.78, 5) is 13.3. The van der Waals surface area contributed by atoms with Gasteiger partial charge in [0.25, 0.3) is 0 Å². The Bertz CT molecular complexity index is 979. The van der Waals surface area contributed by atoms with E-state index in [0.717, 1.165) is 25.1 Å². The van der Waals surface area contributed by atoms with Crippen molar-refractivity contribution in [2.24, 2.45) is 0 Å². The van der Waals surface area contributed by atoms with Gasteiger partial charge in [0.15, 0.2) is 11.3 Å². The van der Waals surface area contributed by atoms with Crippen LogP contribution in [0.2, 0.25) is 0 Å². The second-order valence-corrected chi connectivity index (χ2v) is 6.19. The Labute approximate surface area is 165 Å². The lowest BCUT2D eigenvalue weighted by Crippen LogP contribution is -2.13. The van der Waals surface area contributed by atoms with E-state index in [-0.39, 0.29) is 0 Å². The van der Waals surface area contributed by atoms with Gasteiger partial charge in [-0.25, -0.2) is 15.0 Å². The van der Waals surface area contributed by atoms with E-state index < -0.39 is 0 Å². The maximum absolute atomic E-state index is 5.72. The average molecular weight is 376 g/mol. The molecular weight excluding hydrogens is 352 g/mol. The number of aromatic nitrogens is 3. The van der Waals surface area contributed by atoms with Gasteiger partial charge >= 0.3 is 0 Å². The third-order valence-electron chi connectivity index (χ3n) is 3.94. The highest BCUT2D eigenvalue weighted by Gasteiger charge is 2.09. The van der Waals surface area contributed by atoms with Gasteiger partial charge in [0.1, 0.15) is 12.1 Å². The Balaban J connectivity index is 1.87. The third kappa shape index (κ3) is 5.49. The monoisotopic (exact) mass is 376 g/mol. The second kappa shape index (κ2) is 10.4. The van der Waals surface area contributed by atoms with Crippen molar-refractivity contribution in [2.75, 3.05) is 26.9 Å². The van der Waals surface area contributed by atoms with Gasteiger partial charge in [-0.05, 0) is 48.7 Å². The smallest absolute Gasteiger partial charge is 0.249 e. The summed E-state index contributed by atoms with van der Waals surface area (Å²) in [5.74, 6) is 6.66. The molecule has 2 aromatic heterocycles. The summed E-state index contributed by atoms with van der Waals surface area (Å²) in [5, 5.41) is 3.40. The van der Waals surface area contributed by atoms with E-state index in [9.17, 15) is 0 Å². The van der Waals surface area contributed by atoms with Gasteiger partial charge < -0.3 is 14.8 Å². The van der Waals surface area contributed by atoms with E-state index >= 15 is 0 Å². The zero-order chi connectivity index (χ0) is 19.6. The number of nitrogens with zero attached hydrogens (tertiary/aromatic N) is 3. The summed E-state index contributed by atoms with van der Waals surface area (Å²) in [6, 6.07) is 11.8. The van der Waals surface area contributed by atoms with Crippen molar-refractivity contribution in [2.45, 2.75) is 19.9 Å². The van der Waals surface area contributed by atoms with Crippen LogP contribution in [0.4, 0.5) is 0 Å². The maximum Gasteiger partial charge on any atom is 0.249 e. The highest BCUT2D eigenvalue weighted by Crippen LogP contribution is 2.17. The zero-order valence-electron chi connectivity index (χ0n) is 16.2. The van der Waals surface area contributed by atoms with E-state index in [2.05, 4.69) is 51.2 Å². The predicted molar refractivity (Wildman–Crippen MR) is 109 cm³/mol. The van der Waals surface area contributed by atoms with Gasteiger partial charge in [-0.15, -0.1) is 0 Å². The fraction of sp³-hybridized carbons (Fsp3) is 0.318. The fourth-order valence-corrected chi connectivity index (χ4v) is 2.58. The largest absolute Gasteiger partial charge is 0.473 e. The molecule has 144 valence electrons. The van der Waals surface area contributed by atoms with Crippen LogP contribution in [0.15, 0.2) is 42.6 Å². The van der Waals surface area contributed by atoms with Crippen molar-refractivity contribution in [3.63, 3.8) is 0 Å². The fourth-order valence-electron chi connectivity index (χ4n) is 2.58. The molecule has 0 atom stereocenters. The number of fused-ring (bicyclic) bond motifs is 1. The molecule has 0 saturated heterocycles. The van der Waals surface area contributed by atoms with Crippen molar-refractivity contribution in [1.29, 1.82) is 0 Å². The highest BCUT2D eigenvalue weighted by atomic mass is 16.5. The van der Waals surface area contributed by atoms with E-state index in [0.29, 0.717) is 36.0 Å². The molecule has 1 aromatic carbocycles. The standard InChI is InChI=1S/C22H24N4O2/c1-3-11-23-16-18-7-4-6-17(15-18)9-10-20-22(28-14-13-27-2)26-19-8-5-12-24-21(19)25-20/h4-8,12,15,23H,3,11,13-14,16H2,1-2H3. The average Bonchev–Trinajstić information content (AvgIpc) is 2.73. The molecule has 0 aliphatic rings. The highest BCUT2D eigenvalue weighted by molar-refractivity contribution is 5.71. The quantitative estimate of drug-likeness (QED) is 0.482. The Morgan fingerprint density at radius 1 is 1.07 bits per heavy atom. The second-order valence-electron chi connectivity index (χ2n) is 6.19. The van der Waals surface area contributed by atoms with Gasteiger partial charge in [0.05, 0.1) is 6.61 Å². The van der Waals surface area contributed by atoms with Crippen LogP contribution in [0, 0.1) is 11.8 Å². The van der Waals surface area contributed by atoms with Crippen molar-refractivity contribution in [3.8, 4) is 17.7 Å². The lowest BCUT2D eigenvalue weighted by atomic mass is 10.1. The molecular formula is C22H24N4O2. The van der Waals surface area contributed by atoms with Gasteiger partial charge in [-0.2, -0.15) is 0 Å². The molecule has 3 aromatic rings. The van der Waals surface area contributed by atoms with Crippen molar-refractivity contribution in [1.82, 2.24) is 20.3 Å². The summed E-state index contributed by atoms with van der Waals surface area (Å²) in [5.41, 5.74) is 3.80. The number of methoxy groups -OCH3 is 1. The SMILES string of the molecule is CCCNCc1cccc(C#Cc2nc3ncccc3nc2OCCOC)c1. The summed E-state index contributed by atoms with van der Waals surface area (Å²) in [6.45, 7) is 4.82. The van der Waals surface area contributed by atoms with Crippen LogP contribution in [-0.4, -0.2) is 41.8 Å². The van der Waals surface area contributed by atoms with Crippen molar-refractivity contribution < 1.29 is 9.47 Å². The first kappa shape index (κ1) is 19.7. The molecule has 1 N–H and O–H groups in total. The van der Waals surface area contributed by atoms with E-state index in [1.807, 2.05) is 24.3 Å². The Kier molecular flexibility index (Phi) is 7.30. The van der Waals surface area contributed by atoms with Gasteiger partial charge in [0, 0.05) is 25.4 Å². The Hall–Kier alpha value is -3.01. The first-order valence-corrected chi connectivity index (χ1v) is 9.36. The molecule has 2 heterocycles. The molecule has 0 spiro atoms. The summed E-state index contributed by atoms with van der Waals surface area (Å²) in [6.07, 6.45) is 2.80. The normalized spacial score (nSPS) is 10.5. The first-order chi connectivity index (χ1) is 13.8. The van der Waals surface area contributed by atoms with Crippen LogP contribution >= 0.6 is 0 Å². The minimum atomic E-state index is 0.379. The lowest BCUT2D eigenvalue weighted by molar-refractivity contribution is 0.143. The molecule has 0 aliphatic carbocycles. The van der Waals surface area contributed by atoms with Crippen molar-refractivity contribution >= 4 is 11.2 Å². The number of ether oxygens (including phenoxy) is 2. The van der Waals surface area contributed by atoms with Crippen LogP contribution in [0.1, 0.15) is 30.2 Å². The Morgan fingerprint density at radius 3 is 2.86 bits per heavy atom. The van der Waals surface area contributed by atoms with Crippen LogP contribution in [-0.2, 0) is 11.3 Å². The first-order valence-electron chi connectivity index (χ1n) is 9.36. The minimum absolute atomic E-state index is 0.379. The summed E-state index contributed by atoms with van der Waals surface area (Å²) >= 11 is 0. The molecule has 6 heteroatoms. The molecule has 0 aliphatic heterocycles. The number of benzene rings is 1. The lowest BCUT2D eigenvalue weighted by Gasteiger charge is -2.07. The van der Waals surface area contributed by atoms with Crippen LogP contribution in [0.5, 0.6) is 5.88 Å². The molecule has 6 nitrogen and oxygen atoms in total.